The summed E-state index contributed by atoms with van der Waals surface area (Å²) in [6, 6.07) is 11.9. The number of para-hydroxylation sites is 1. The van der Waals surface area contributed by atoms with E-state index in [1.165, 1.54) is 7.11 Å². The molecule has 2 rings (SSSR count). The van der Waals surface area contributed by atoms with Gasteiger partial charge >= 0.3 is 6.03 Å². The lowest BCUT2D eigenvalue weighted by molar-refractivity contribution is 0.249. The average molecular weight is 339 g/mol. The van der Waals surface area contributed by atoms with Crippen molar-refractivity contribution in [3.63, 3.8) is 0 Å². The first-order valence-corrected chi connectivity index (χ1v) is 7.43. The number of hydrogen-bond acceptors (Lipinski definition) is 2. The van der Waals surface area contributed by atoms with Crippen molar-refractivity contribution in [1.82, 2.24) is 5.32 Å². The maximum atomic E-state index is 12.1. The number of ether oxygens (including phenoxy) is 1. The summed E-state index contributed by atoms with van der Waals surface area (Å²) < 4.78 is 5.19. The molecule has 0 heterocycles. The average Bonchev–Trinajstić information content (AvgIpc) is 2.47. The van der Waals surface area contributed by atoms with Crippen LogP contribution >= 0.6 is 23.2 Å². The Morgan fingerprint density at radius 1 is 1.09 bits per heavy atom. The second kappa shape index (κ2) is 7.38. The molecule has 2 aromatic rings. The van der Waals surface area contributed by atoms with Gasteiger partial charge in [0.1, 0.15) is 0 Å². The summed E-state index contributed by atoms with van der Waals surface area (Å²) in [5.74, 6) is 0.421. The van der Waals surface area contributed by atoms with E-state index in [-0.39, 0.29) is 12.1 Å². The summed E-state index contributed by atoms with van der Waals surface area (Å²) >= 11 is 12.1. The molecule has 6 heteroatoms. The Bertz CT molecular complexity index is 677. The van der Waals surface area contributed by atoms with Crippen LogP contribution in [-0.2, 0) is 0 Å². The van der Waals surface area contributed by atoms with Gasteiger partial charge in [0.15, 0.2) is 5.75 Å². The molecule has 0 saturated heterocycles. The normalized spacial score (nSPS) is 11.6. The number of rotatable bonds is 4. The van der Waals surface area contributed by atoms with Crippen LogP contribution in [0, 0.1) is 0 Å². The van der Waals surface area contributed by atoms with Crippen LogP contribution in [0.2, 0.25) is 10.0 Å². The Kier molecular flexibility index (Phi) is 5.52. The largest absolute Gasteiger partial charge is 0.493 e. The number of carbonyl (C=O) groups excluding carboxylic acids is 1. The molecular formula is C16H16Cl2N2O2. The first kappa shape index (κ1) is 16.5. The highest BCUT2D eigenvalue weighted by Crippen LogP contribution is 2.32. The number of benzene rings is 2. The van der Waals surface area contributed by atoms with E-state index in [1.807, 2.05) is 25.1 Å². The second-order valence-corrected chi connectivity index (χ2v) is 5.48. The van der Waals surface area contributed by atoms with Crippen molar-refractivity contribution < 1.29 is 9.53 Å². The highest BCUT2D eigenvalue weighted by Gasteiger charge is 2.14. The molecule has 22 heavy (non-hydrogen) atoms. The SMILES string of the molecule is COc1c(Cl)cccc1NC(=O)NC(C)c1ccccc1Cl. The minimum absolute atomic E-state index is 0.237. The fourth-order valence-electron chi connectivity index (χ4n) is 2.07. The summed E-state index contributed by atoms with van der Waals surface area (Å²) in [5, 5.41) is 6.58. The third kappa shape index (κ3) is 3.84. The quantitative estimate of drug-likeness (QED) is 0.834. The molecule has 1 atom stereocenters. The molecule has 0 fully saturated rings. The lowest BCUT2D eigenvalue weighted by Crippen LogP contribution is -2.31. The van der Waals surface area contributed by atoms with E-state index < -0.39 is 0 Å². The number of nitrogens with one attached hydrogen (secondary N) is 2. The Hall–Kier alpha value is -1.91. The maximum absolute atomic E-state index is 12.1. The zero-order chi connectivity index (χ0) is 16.1. The molecule has 2 N–H and O–H groups in total. The number of methoxy groups -OCH3 is 1. The van der Waals surface area contributed by atoms with Gasteiger partial charge < -0.3 is 15.4 Å². The second-order valence-electron chi connectivity index (χ2n) is 4.66. The van der Waals surface area contributed by atoms with Crippen molar-refractivity contribution in [2.45, 2.75) is 13.0 Å². The van der Waals surface area contributed by atoms with Crippen LogP contribution in [0.15, 0.2) is 42.5 Å². The van der Waals surface area contributed by atoms with E-state index >= 15 is 0 Å². The van der Waals surface area contributed by atoms with Gasteiger partial charge in [0.2, 0.25) is 0 Å². The van der Waals surface area contributed by atoms with Crippen LogP contribution in [0.4, 0.5) is 10.5 Å². The number of amides is 2. The highest BCUT2D eigenvalue weighted by molar-refractivity contribution is 6.32. The number of anilines is 1. The first-order chi connectivity index (χ1) is 10.5. The van der Waals surface area contributed by atoms with E-state index in [9.17, 15) is 4.79 Å². The Labute approximate surface area is 139 Å². The van der Waals surface area contributed by atoms with Gasteiger partial charge in [-0.25, -0.2) is 4.79 Å². The number of hydrogen-bond donors (Lipinski definition) is 2. The Morgan fingerprint density at radius 3 is 2.45 bits per heavy atom. The van der Waals surface area contributed by atoms with Gasteiger partial charge in [0.05, 0.1) is 23.9 Å². The van der Waals surface area contributed by atoms with Gasteiger partial charge in [0.25, 0.3) is 0 Å². The van der Waals surface area contributed by atoms with Gasteiger partial charge in [-0.2, -0.15) is 0 Å². The van der Waals surface area contributed by atoms with Crippen LogP contribution in [0.1, 0.15) is 18.5 Å². The first-order valence-electron chi connectivity index (χ1n) is 6.67. The smallest absolute Gasteiger partial charge is 0.319 e. The molecule has 0 spiro atoms. The van der Waals surface area contributed by atoms with Crippen molar-refractivity contribution in [3.05, 3.63) is 58.1 Å². The molecule has 0 aliphatic heterocycles. The Morgan fingerprint density at radius 2 is 1.77 bits per heavy atom. The number of urea groups is 1. The third-order valence-electron chi connectivity index (χ3n) is 3.14. The third-order valence-corrected chi connectivity index (χ3v) is 3.78. The van der Waals surface area contributed by atoms with Crippen molar-refractivity contribution in [3.8, 4) is 5.75 Å². The monoisotopic (exact) mass is 338 g/mol. The molecule has 0 aromatic heterocycles. The molecule has 116 valence electrons. The van der Waals surface area contributed by atoms with Gasteiger partial charge in [0, 0.05) is 5.02 Å². The summed E-state index contributed by atoms with van der Waals surface area (Å²) in [4.78, 5) is 12.1. The summed E-state index contributed by atoms with van der Waals surface area (Å²) in [6.45, 7) is 1.86. The fraction of sp³-hybridized carbons (Fsp3) is 0.188. The molecule has 0 bridgehead atoms. The molecule has 1 unspecified atom stereocenters. The predicted molar refractivity (Wildman–Crippen MR) is 90.0 cm³/mol. The highest BCUT2D eigenvalue weighted by atomic mass is 35.5. The molecular weight excluding hydrogens is 323 g/mol. The van der Waals surface area contributed by atoms with Crippen molar-refractivity contribution in [1.29, 1.82) is 0 Å². The van der Waals surface area contributed by atoms with Crippen molar-refractivity contribution in [2.24, 2.45) is 0 Å². The fourth-order valence-corrected chi connectivity index (χ4v) is 2.62. The molecule has 2 aromatic carbocycles. The van der Waals surface area contributed by atoms with Crippen molar-refractivity contribution >= 4 is 34.9 Å². The molecule has 0 aliphatic rings. The van der Waals surface area contributed by atoms with E-state index in [1.54, 1.807) is 24.3 Å². The maximum Gasteiger partial charge on any atom is 0.319 e. The molecule has 2 amide bonds. The minimum atomic E-state index is -0.368. The lowest BCUT2D eigenvalue weighted by Gasteiger charge is -2.17. The van der Waals surface area contributed by atoms with Gasteiger partial charge in [-0.05, 0) is 30.7 Å². The Balaban J connectivity index is 2.08. The topological polar surface area (TPSA) is 50.4 Å². The van der Waals surface area contributed by atoms with Crippen molar-refractivity contribution in [2.75, 3.05) is 12.4 Å². The number of halogens is 2. The van der Waals surface area contributed by atoms with Gasteiger partial charge in [-0.1, -0.05) is 47.5 Å². The van der Waals surface area contributed by atoms with Crippen LogP contribution in [0.25, 0.3) is 0 Å². The summed E-state index contributed by atoms with van der Waals surface area (Å²) in [5.41, 5.74) is 1.34. The minimum Gasteiger partial charge on any atom is -0.493 e. The predicted octanol–water partition coefficient (Wildman–Crippen LogP) is 4.88. The summed E-state index contributed by atoms with van der Waals surface area (Å²) in [7, 11) is 1.50. The van der Waals surface area contributed by atoms with Crippen LogP contribution in [-0.4, -0.2) is 13.1 Å². The standard InChI is InChI=1S/C16H16Cl2N2O2/c1-10(11-6-3-4-7-12(11)17)19-16(21)20-14-9-5-8-13(18)15(14)22-2/h3-10H,1-2H3,(H2,19,20,21). The van der Waals surface area contributed by atoms with E-state index in [2.05, 4.69) is 10.6 Å². The molecule has 0 aliphatic carbocycles. The van der Waals surface area contributed by atoms with E-state index in [0.717, 1.165) is 5.56 Å². The summed E-state index contributed by atoms with van der Waals surface area (Å²) in [6.07, 6.45) is 0. The molecule has 4 nitrogen and oxygen atoms in total. The number of carbonyl (C=O) groups is 1. The van der Waals surface area contributed by atoms with E-state index in [0.29, 0.717) is 21.5 Å². The van der Waals surface area contributed by atoms with Crippen LogP contribution in [0.3, 0.4) is 0 Å². The zero-order valence-electron chi connectivity index (χ0n) is 12.2. The van der Waals surface area contributed by atoms with Crippen LogP contribution in [0.5, 0.6) is 5.75 Å². The lowest BCUT2D eigenvalue weighted by atomic mass is 10.1. The van der Waals surface area contributed by atoms with E-state index in [4.69, 9.17) is 27.9 Å². The molecule has 0 saturated carbocycles. The molecule has 0 radical (unpaired) electrons. The van der Waals surface area contributed by atoms with Crippen LogP contribution < -0.4 is 15.4 Å². The van der Waals surface area contributed by atoms with Gasteiger partial charge in [-0.15, -0.1) is 0 Å². The zero-order valence-corrected chi connectivity index (χ0v) is 13.7. The van der Waals surface area contributed by atoms with Gasteiger partial charge in [-0.3, -0.25) is 0 Å².